The number of likely N-dealkylation sites (tertiary alicyclic amines) is 1. The maximum absolute atomic E-state index is 11.8. The molecule has 0 radical (unpaired) electrons. The molecule has 26 heavy (non-hydrogen) atoms. The predicted molar refractivity (Wildman–Crippen MR) is 99.1 cm³/mol. The Bertz CT molecular complexity index is 929. The predicted octanol–water partition coefficient (Wildman–Crippen LogP) is 2.89. The molecule has 4 heterocycles. The smallest absolute Gasteiger partial charge is 0.222 e. The van der Waals surface area contributed by atoms with E-state index < -0.39 is 0 Å². The van der Waals surface area contributed by atoms with Crippen LogP contribution in [0.4, 0.5) is 5.82 Å². The van der Waals surface area contributed by atoms with E-state index in [9.17, 15) is 4.79 Å². The van der Waals surface area contributed by atoms with E-state index >= 15 is 0 Å². The minimum atomic E-state index is 0.248. The Labute approximate surface area is 152 Å². The van der Waals surface area contributed by atoms with Gasteiger partial charge in [0.15, 0.2) is 11.4 Å². The first-order valence-corrected chi connectivity index (χ1v) is 9.12. The monoisotopic (exact) mass is 353 g/mol. The molecule has 0 unspecified atom stereocenters. The fourth-order valence-electron chi connectivity index (χ4n) is 3.55. The van der Waals surface area contributed by atoms with E-state index in [1.807, 2.05) is 34.5 Å². The van der Waals surface area contributed by atoms with Gasteiger partial charge in [-0.2, -0.15) is 9.61 Å². The summed E-state index contributed by atoms with van der Waals surface area (Å²) in [5.41, 5.74) is 3.67. The van der Waals surface area contributed by atoms with Crippen molar-refractivity contribution in [3.05, 3.63) is 35.7 Å². The van der Waals surface area contributed by atoms with E-state index in [-0.39, 0.29) is 5.91 Å². The number of fused-ring (bicyclic) bond motifs is 1. The highest BCUT2D eigenvalue weighted by Crippen LogP contribution is 2.25. The molecule has 1 aliphatic heterocycles. The first-order valence-electron chi connectivity index (χ1n) is 9.12. The van der Waals surface area contributed by atoms with Crippen molar-refractivity contribution in [3.63, 3.8) is 0 Å². The number of nitrogens with zero attached hydrogens (tertiary/aromatic N) is 4. The summed E-state index contributed by atoms with van der Waals surface area (Å²) in [5, 5.41) is 8.18. The van der Waals surface area contributed by atoms with Crippen LogP contribution >= 0.6 is 0 Å². The van der Waals surface area contributed by atoms with Crippen LogP contribution in [-0.2, 0) is 11.2 Å². The molecule has 7 nitrogen and oxygen atoms in total. The number of hydrogen-bond acceptors (Lipinski definition) is 5. The minimum Gasteiger partial charge on any atom is -0.463 e. The zero-order valence-corrected chi connectivity index (χ0v) is 15.2. The molecule has 1 N–H and O–H groups in total. The molecular weight excluding hydrogens is 330 g/mol. The maximum atomic E-state index is 11.8. The molecule has 1 aliphatic rings. The van der Waals surface area contributed by atoms with Gasteiger partial charge >= 0.3 is 0 Å². The van der Waals surface area contributed by atoms with Crippen LogP contribution in [0.1, 0.15) is 31.0 Å². The van der Waals surface area contributed by atoms with E-state index in [1.165, 1.54) is 0 Å². The number of rotatable bonds is 6. The number of aromatic nitrogens is 3. The fraction of sp³-hybridized carbons (Fsp3) is 0.421. The molecule has 0 bridgehead atoms. The van der Waals surface area contributed by atoms with Gasteiger partial charge in [-0.1, -0.05) is 6.92 Å². The average Bonchev–Trinajstić information content (AvgIpc) is 3.35. The van der Waals surface area contributed by atoms with E-state index in [1.54, 1.807) is 6.26 Å². The van der Waals surface area contributed by atoms with Crippen LogP contribution in [-0.4, -0.2) is 45.0 Å². The molecule has 4 rings (SSSR count). The molecule has 1 saturated heterocycles. The van der Waals surface area contributed by atoms with Crippen LogP contribution in [0.25, 0.3) is 17.1 Å². The highest BCUT2D eigenvalue weighted by Gasteiger charge is 2.20. The molecule has 1 amide bonds. The number of furan rings is 1. The Morgan fingerprint density at radius 3 is 2.96 bits per heavy atom. The highest BCUT2D eigenvalue weighted by molar-refractivity contribution is 5.78. The number of carbonyl (C=O) groups excluding carboxylic acids is 1. The van der Waals surface area contributed by atoms with Gasteiger partial charge in [0, 0.05) is 43.4 Å². The van der Waals surface area contributed by atoms with Gasteiger partial charge in [-0.25, -0.2) is 4.98 Å². The second kappa shape index (κ2) is 6.82. The third-order valence-electron chi connectivity index (χ3n) is 4.88. The Kier molecular flexibility index (Phi) is 4.36. The van der Waals surface area contributed by atoms with Crippen molar-refractivity contribution in [2.75, 3.05) is 25.0 Å². The molecule has 0 aliphatic carbocycles. The van der Waals surface area contributed by atoms with Gasteiger partial charge in [0.1, 0.15) is 11.5 Å². The zero-order chi connectivity index (χ0) is 18.1. The first kappa shape index (κ1) is 16.6. The van der Waals surface area contributed by atoms with Gasteiger partial charge < -0.3 is 14.6 Å². The number of hydrogen-bond donors (Lipinski definition) is 1. The lowest BCUT2D eigenvalue weighted by Gasteiger charge is -2.18. The SMILES string of the molecule is CCc1c(C)nc2cc(-c3ccco3)nn2c1NCCN1CCCC1=O. The van der Waals surface area contributed by atoms with Crippen molar-refractivity contribution >= 4 is 17.4 Å². The summed E-state index contributed by atoms with van der Waals surface area (Å²) >= 11 is 0. The summed E-state index contributed by atoms with van der Waals surface area (Å²) in [6, 6.07) is 5.67. The standard InChI is InChI=1S/C19H23N5O2/c1-3-14-13(2)21-17-12-15(16-6-5-11-26-16)22-24(17)19(14)20-8-10-23-9-4-7-18(23)25/h5-6,11-12,20H,3-4,7-10H2,1-2H3. The van der Waals surface area contributed by atoms with Crippen molar-refractivity contribution in [2.45, 2.75) is 33.1 Å². The molecular formula is C19H23N5O2. The Balaban J connectivity index is 1.65. The van der Waals surface area contributed by atoms with Gasteiger partial charge in [0.05, 0.1) is 6.26 Å². The first-order chi connectivity index (χ1) is 12.7. The summed E-state index contributed by atoms with van der Waals surface area (Å²) in [7, 11) is 0. The van der Waals surface area contributed by atoms with Gasteiger partial charge in [-0.05, 0) is 31.9 Å². The number of carbonyl (C=O) groups is 1. The second-order valence-electron chi connectivity index (χ2n) is 6.57. The van der Waals surface area contributed by atoms with Crippen LogP contribution in [0.15, 0.2) is 28.9 Å². The molecule has 3 aromatic heterocycles. The third-order valence-corrected chi connectivity index (χ3v) is 4.88. The molecule has 0 atom stereocenters. The molecule has 7 heteroatoms. The lowest BCUT2D eigenvalue weighted by molar-refractivity contribution is -0.127. The van der Waals surface area contributed by atoms with E-state index in [2.05, 4.69) is 22.3 Å². The molecule has 136 valence electrons. The Morgan fingerprint density at radius 2 is 2.27 bits per heavy atom. The lowest BCUT2D eigenvalue weighted by Crippen LogP contribution is -2.30. The minimum absolute atomic E-state index is 0.248. The van der Waals surface area contributed by atoms with Crippen LogP contribution in [0.3, 0.4) is 0 Å². The van der Waals surface area contributed by atoms with E-state index in [0.29, 0.717) is 19.5 Å². The topological polar surface area (TPSA) is 75.7 Å². The van der Waals surface area contributed by atoms with E-state index in [4.69, 9.17) is 4.42 Å². The van der Waals surface area contributed by atoms with Crippen molar-refractivity contribution in [1.29, 1.82) is 0 Å². The third kappa shape index (κ3) is 2.94. The maximum Gasteiger partial charge on any atom is 0.222 e. The van der Waals surface area contributed by atoms with E-state index in [0.717, 1.165) is 53.6 Å². The second-order valence-corrected chi connectivity index (χ2v) is 6.57. The quantitative estimate of drug-likeness (QED) is 0.737. The van der Waals surface area contributed by atoms with Crippen molar-refractivity contribution in [2.24, 2.45) is 0 Å². The summed E-state index contributed by atoms with van der Waals surface area (Å²) in [6.07, 6.45) is 4.13. The van der Waals surface area contributed by atoms with Crippen LogP contribution in [0.5, 0.6) is 0 Å². The average molecular weight is 353 g/mol. The molecule has 1 fully saturated rings. The van der Waals surface area contributed by atoms with Crippen LogP contribution in [0, 0.1) is 6.92 Å². The molecule has 0 saturated carbocycles. The summed E-state index contributed by atoms with van der Waals surface area (Å²) in [6.45, 7) is 6.39. The molecule has 0 spiro atoms. The van der Waals surface area contributed by atoms with Gasteiger partial charge in [-0.15, -0.1) is 0 Å². The normalized spacial score (nSPS) is 14.5. The zero-order valence-electron chi connectivity index (χ0n) is 15.2. The van der Waals surface area contributed by atoms with Crippen LogP contribution < -0.4 is 5.32 Å². The number of anilines is 1. The largest absolute Gasteiger partial charge is 0.463 e. The highest BCUT2D eigenvalue weighted by atomic mass is 16.3. The van der Waals surface area contributed by atoms with Gasteiger partial charge in [-0.3, -0.25) is 4.79 Å². The van der Waals surface area contributed by atoms with Gasteiger partial charge in [0.2, 0.25) is 5.91 Å². The summed E-state index contributed by atoms with van der Waals surface area (Å²) in [5.74, 6) is 1.91. The van der Waals surface area contributed by atoms with Crippen LogP contribution in [0.2, 0.25) is 0 Å². The lowest BCUT2D eigenvalue weighted by atomic mass is 10.1. The Hall–Kier alpha value is -2.83. The molecule has 3 aromatic rings. The number of aryl methyl sites for hydroxylation is 1. The van der Waals surface area contributed by atoms with Crippen molar-refractivity contribution in [1.82, 2.24) is 19.5 Å². The Morgan fingerprint density at radius 1 is 1.38 bits per heavy atom. The number of nitrogens with one attached hydrogen (secondary N) is 1. The summed E-state index contributed by atoms with van der Waals surface area (Å²) in [4.78, 5) is 18.4. The fourth-order valence-corrected chi connectivity index (χ4v) is 3.55. The van der Waals surface area contributed by atoms with Crippen molar-refractivity contribution < 1.29 is 9.21 Å². The van der Waals surface area contributed by atoms with Crippen molar-refractivity contribution in [3.8, 4) is 11.5 Å². The van der Waals surface area contributed by atoms with Gasteiger partial charge in [0.25, 0.3) is 0 Å². The molecule has 0 aromatic carbocycles. The summed E-state index contributed by atoms with van der Waals surface area (Å²) < 4.78 is 7.31. The number of amides is 1.